The lowest BCUT2D eigenvalue weighted by Gasteiger charge is -2.09. The normalized spacial score (nSPS) is 12.9. The van der Waals surface area contributed by atoms with Gasteiger partial charge in [0.25, 0.3) is 0 Å². The second-order valence-corrected chi connectivity index (χ2v) is 4.65. The highest BCUT2D eigenvalue weighted by atomic mass is 35.5. The molecule has 0 heterocycles. The summed E-state index contributed by atoms with van der Waals surface area (Å²) < 4.78 is 0. The van der Waals surface area contributed by atoms with Gasteiger partial charge in [0.15, 0.2) is 0 Å². The molecule has 0 amide bonds. The van der Waals surface area contributed by atoms with Crippen LogP contribution in [0.25, 0.3) is 0 Å². The lowest BCUT2D eigenvalue weighted by atomic mass is 10.1. The highest BCUT2D eigenvalue weighted by molar-refractivity contribution is 7.99. The molecule has 1 aromatic rings. The first-order valence-electron chi connectivity index (χ1n) is 4.33. The van der Waals surface area contributed by atoms with Crippen LogP contribution in [0.15, 0.2) is 23.1 Å². The van der Waals surface area contributed by atoms with E-state index < -0.39 is 0 Å². The van der Waals surface area contributed by atoms with Crippen LogP contribution in [0, 0.1) is 0 Å². The molecule has 72 valence electrons. The van der Waals surface area contributed by atoms with E-state index >= 15 is 0 Å². The Morgan fingerprint density at radius 2 is 2.23 bits per heavy atom. The molecule has 1 nitrogen and oxygen atoms in total. The molecule has 0 fully saturated rings. The molecule has 1 atom stereocenters. The SMILES string of the molecule is CCSc1ccc([C@@H](C)N)c(Cl)c1. The smallest absolute Gasteiger partial charge is 0.0464 e. The molecular formula is C10H14ClNS. The maximum absolute atomic E-state index is 6.07. The van der Waals surface area contributed by atoms with Crippen molar-refractivity contribution in [2.75, 3.05) is 5.75 Å². The van der Waals surface area contributed by atoms with E-state index in [0.717, 1.165) is 16.3 Å². The van der Waals surface area contributed by atoms with Crippen LogP contribution in [-0.2, 0) is 0 Å². The Hall–Kier alpha value is -0.180. The van der Waals surface area contributed by atoms with Gasteiger partial charge in [0.05, 0.1) is 0 Å². The first-order valence-corrected chi connectivity index (χ1v) is 5.69. The van der Waals surface area contributed by atoms with Gasteiger partial charge in [-0.1, -0.05) is 24.6 Å². The van der Waals surface area contributed by atoms with Gasteiger partial charge in [0.2, 0.25) is 0 Å². The van der Waals surface area contributed by atoms with E-state index in [1.807, 2.05) is 19.1 Å². The molecule has 0 radical (unpaired) electrons. The first-order chi connectivity index (χ1) is 6.15. The van der Waals surface area contributed by atoms with Crippen LogP contribution in [0.5, 0.6) is 0 Å². The molecule has 13 heavy (non-hydrogen) atoms. The summed E-state index contributed by atoms with van der Waals surface area (Å²) in [4.78, 5) is 1.21. The van der Waals surface area contributed by atoms with Crippen molar-refractivity contribution < 1.29 is 0 Å². The van der Waals surface area contributed by atoms with Crippen LogP contribution in [0.4, 0.5) is 0 Å². The molecule has 0 aromatic heterocycles. The second-order valence-electron chi connectivity index (χ2n) is 2.91. The molecule has 0 aliphatic rings. The Kier molecular flexibility index (Phi) is 4.10. The lowest BCUT2D eigenvalue weighted by Crippen LogP contribution is -2.05. The van der Waals surface area contributed by atoms with Crippen molar-refractivity contribution in [3.8, 4) is 0 Å². The zero-order chi connectivity index (χ0) is 9.84. The van der Waals surface area contributed by atoms with E-state index in [2.05, 4.69) is 13.0 Å². The average molecular weight is 216 g/mol. The molecule has 0 spiro atoms. The van der Waals surface area contributed by atoms with Crippen molar-refractivity contribution in [2.45, 2.75) is 24.8 Å². The second kappa shape index (κ2) is 4.89. The summed E-state index contributed by atoms with van der Waals surface area (Å²) in [6.45, 7) is 4.06. The molecule has 0 unspecified atom stereocenters. The Morgan fingerprint density at radius 1 is 1.54 bits per heavy atom. The van der Waals surface area contributed by atoms with Crippen molar-refractivity contribution in [3.05, 3.63) is 28.8 Å². The van der Waals surface area contributed by atoms with Crippen LogP contribution in [-0.4, -0.2) is 5.75 Å². The number of hydrogen-bond acceptors (Lipinski definition) is 2. The van der Waals surface area contributed by atoms with Crippen molar-refractivity contribution in [3.63, 3.8) is 0 Å². The predicted octanol–water partition coefficient (Wildman–Crippen LogP) is 3.47. The van der Waals surface area contributed by atoms with Crippen molar-refractivity contribution in [1.82, 2.24) is 0 Å². The maximum Gasteiger partial charge on any atom is 0.0464 e. The fourth-order valence-electron chi connectivity index (χ4n) is 1.13. The van der Waals surface area contributed by atoms with Crippen LogP contribution >= 0.6 is 23.4 Å². The van der Waals surface area contributed by atoms with Crippen LogP contribution in [0.1, 0.15) is 25.5 Å². The van der Waals surface area contributed by atoms with Crippen molar-refractivity contribution in [2.24, 2.45) is 5.73 Å². The van der Waals surface area contributed by atoms with Crippen LogP contribution in [0.2, 0.25) is 5.02 Å². The molecule has 0 saturated carbocycles. The lowest BCUT2D eigenvalue weighted by molar-refractivity contribution is 0.817. The minimum Gasteiger partial charge on any atom is -0.324 e. The molecule has 0 aliphatic heterocycles. The molecular weight excluding hydrogens is 202 g/mol. The van der Waals surface area contributed by atoms with E-state index in [1.54, 1.807) is 11.8 Å². The van der Waals surface area contributed by atoms with Gasteiger partial charge in [-0.25, -0.2) is 0 Å². The van der Waals surface area contributed by atoms with Gasteiger partial charge < -0.3 is 5.73 Å². The first kappa shape index (κ1) is 10.9. The van der Waals surface area contributed by atoms with Crippen molar-refractivity contribution in [1.29, 1.82) is 0 Å². The summed E-state index contributed by atoms with van der Waals surface area (Å²) in [6, 6.07) is 6.06. The Bertz CT molecular complexity index is 286. The zero-order valence-corrected chi connectivity index (χ0v) is 9.45. The molecule has 1 aromatic carbocycles. The van der Waals surface area contributed by atoms with Gasteiger partial charge >= 0.3 is 0 Å². The Labute approximate surface area is 88.7 Å². The van der Waals surface area contributed by atoms with E-state index in [1.165, 1.54) is 4.90 Å². The summed E-state index contributed by atoms with van der Waals surface area (Å²) in [5, 5.41) is 0.772. The number of nitrogens with two attached hydrogens (primary N) is 1. The standard InChI is InChI=1S/C10H14ClNS/c1-3-13-8-4-5-9(7(2)12)10(11)6-8/h4-7H,3,12H2,1-2H3/t7-/m1/s1. The highest BCUT2D eigenvalue weighted by Gasteiger charge is 2.05. The minimum absolute atomic E-state index is 0.00757. The summed E-state index contributed by atoms with van der Waals surface area (Å²) in [6.07, 6.45) is 0. The topological polar surface area (TPSA) is 26.0 Å². The number of thioether (sulfide) groups is 1. The number of halogens is 1. The van der Waals surface area contributed by atoms with Gasteiger partial charge in [-0.3, -0.25) is 0 Å². The number of rotatable bonds is 3. The number of hydrogen-bond donors (Lipinski definition) is 1. The minimum atomic E-state index is 0.00757. The van der Waals surface area contributed by atoms with Gasteiger partial charge in [0, 0.05) is 16.0 Å². The quantitative estimate of drug-likeness (QED) is 0.782. The largest absolute Gasteiger partial charge is 0.324 e. The average Bonchev–Trinajstić information content (AvgIpc) is 2.04. The molecule has 0 bridgehead atoms. The van der Waals surface area contributed by atoms with E-state index in [-0.39, 0.29) is 6.04 Å². The van der Waals surface area contributed by atoms with Crippen LogP contribution < -0.4 is 5.73 Å². The molecule has 3 heteroatoms. The third-order valence-electron chi connectivity index (χ3n) is 1.77. The fourth-order valence-corrected chi connectivity index (χ4v) is 2.25. The molecule has 2 N–H and O–H groups in total. The summed E-state index contributed by atoms with van der Waals surface area (Å²) in [7, 11) is 0. The van der Waals surface area contributed by atoms with E-state index in [9.17, 15) is 0 Å². The number of benzene rings is 1. The summed E-state index contributed by atoms with van der Waals surface area (Å²) >= 11 is 7.85. The van der Waals surface area contributed by atoms with Gasteiger partial charge in [-0.15, -0.1) is 11.8 Å². The van der Waals surface area contributed by atoms with E-state index in [4.69, 9.17) is 17.3 Å². The predicted molar refractivity (Wildman–Crippen MR) is 60.5 cm³/mol. The van der Waals surface area contributed by atoms with Crippen LogP contribution in [0.3, 0.4) is 0 Å². The summed E-state index contributed by atoms with van der Waals surface area (Å²) in [5.41, 5.74) is 6.76. The molecule has 0 aliphatic carbocycles. The highest BCUT2D eigenvalue weighted by Crippen LogP contribution is 2.27. The van der Waals surface area contributed by atoms with E-state index in [0.29, 0.717) is 0 Å². The zero-order valence-electron chi connectivity index (χ0n) is 7.88. The Balaban J connectivity index is 2.92. The third kappa shape index (κ3) is 2.90. The molecule has 0 saturated heterocycles. The van der Waals surface area contributed by atoms with Gasteiger partial charge in [0.1, 0.15) is 0 Å². The maximum atomic E-state index is 6.07. The summed E-state index contributed by atoms with van der Waals surface area (Å²) in [5.74, 6) is 1.06. The third-order valence-corrected chi connectivity index (χ3v) is 2.98. The fraction of sp³-hybridized carbons (Fsp3) is 0.400. The van der Waals surface area contributed by atoms with Gasteiger partial charge in [-0.05, 0) is 30.4 Å². The molecule has 1 rings (SSSR count). The van der Waals surface area contributed by atoms with Gasteiger partial charge in [-0.2, -0.15) is 0 Å². The monoisotopic (exact) mass is 215 g/mol. The Morgan fingerprint density at radius 3 is 2.69 bits per heavy atom. The van der Waals surface area contributed by atoms with Crippen molar-refractivity contribution >= 4 is 23.4 Å².